The smallest absolute Gasteiger partial charge is 0.252 e. The molecule has 1 aromatic heterocycles. The Kier molecular flexibility index (Phi) is 4.33. The van der Waals surface area contributed by atoms with Gasteiger partial charge in [0.2, 0.25) is 0 Å². The highest BCUT2D eigenvalue weighted by atomic mass is 16.3. The van der Waals surface area contributed by atoms with Crippen LogP contribution in [0.4, 0.5) is 0 Å². The largest absolute Gasteiger partial charge is 0.508 e. The molecule has 0 bridgehead atoms. The summed E-state index contributed by atoms with van der Waals surface area (Å²) < 4.78 is 1.88. The maximum Gasteiger partial charge on any atom is 0.252 e. The number of carbonyl (C=O) groups excluding carboxylic acids is 1. The zero-order valence-corrected chi connectivity index (χ0v) is 13.6. The van der Waals surface area contributed by atoms with Gasteiger partial charge < -0.3 is 15.0 Å². The first kappa shape index (κ1) is 15.8. The fourth-order valence-corrected chi connectivity index (χ4v) is 2.57. The molecule has 5 heteroatoms. The number of carbonyl (C=O) groups is 1. The number of hydrogen-bond donors (Lipinski definition) is 2. The molecular weight excluding hydrogens is 302 g/mol. The number of nitrogens with zero attached hydrogens (tertiary/aromatic N) is 2. The lowest BCUT2D eigenvalue weighted by molar-refractivity contribution is 0.0940. The molecule has 1 atom stereocenters. The summed E-state index contributed by atoms with van der Waals surface area (Å²) in [4.78, 5) is 17.0. The van der Waals surface area contributed by atoms with Gasteiger partial charge in [-0.25, -0.2) is 4.98 Å². The Morgan fingerprint density at radius 1 is 1.21 bits per heavy atom. The molecule has 0 aliphatic heterocycles. The van der Waals surface area contributed by atoms with Crippen LogP contribution in [0.15, 0.2) is 60.9 Å². The summed E-state index contributed by atoms with van der Waals surface area (Å²) in [5.74, 6) is 0.540. The molecule has 1 heterocycles. The van der Waals surface area contributed by atoms with Crippen molar-refractivity contribution in [2.24, 2.45) is 7.05 Å². The van der Waals surface area contributed by atoms with Crippen molar-refractivity contribution in [3.05, 3.63) is 83.4 Å². The van der Waals surface area contributed by atoms with Crippen LogP contribution < -0.4 is 5.32 Å². The highest BCUT2D eigenvalue weighted by Crippen LogP contribution is 2.22. The molecule has 0 radical (unpaired) electrons. The van der Waals surface area contributed by atoms with Crippen LogP contribution in [-0.2, 0) is 7.05 Å². The van der Waals surface area contributed by atoms with Gasteiger partial charge in [-0.15, -0.1) is 0 Å². The first-order valence-corrected chi connectivity index (χ1v) is 7.68. The number of benzene rings is 2. The highest BCUT2D eigenvalue weighted by molar-refractivity contribution is 5.95. The zero-order valence-electron chi connectivity index (χ0n) is 13.6. The van der Waals surface area contributed by atoms with Crippen molar-refractivity contribution in [1.29, 1.82) is 0 Å². The normalized spacial score (nSPS) is 11.9. The summed E-state index contributed by atoms with van der Waals surface area (Å²) in [5.41, 5.74) is 2.50. The molecule has 24 heavy (non-hydrogen) atoms. The standard InChI is InChI=1S/C19H19N3O2/c1-13-6-8-14(9-7-13)17(18-20-10-11-22(18)2)21-19(24)15-4-3-5-16(23)12-15/h3-12,17,23H,1-2H3,(H,21,24). The monoisotopic (exact) mass is 321 g/mol. The number of phenols is 1. The van der Waals surface area contributed by atoms with E-state index in [-0.39, 0.29) is 17.7 Å². The molecule has 0 saturated carbocycles. The van der Waals surface area contributed by atoms with E-state index in [1.807, 2.05) is 49.0 Å². The van der Waals surface area contributed by atoms with Gasteiger partial charge in [-0.3, -0.25) is 4.79 Å². The van der Waals surface area contributed by atoms with Crippen LogP contribution >= 0.6 is 0 Å². The summed E-state index contributed by atoms with van der Waals surface area (Å²) in [7, 11) is 1.89. The van der Waals surface area contributed by atoms with Crippen LogP contribution in [0.25, 0.3) is 0 Å². The van der Waals surface area contributed by atoms with Crippen LogP contribution in [0.1, 0.15) is 33.4 Å². The Morgan fingerprint density at radius 3 is 2.58 bits per heavy atom. The van der Waals surface area contributed by atoms with E-state index in [9.17, 15) is 9.90 Å². The third kappa shape index (κ3) is 3.30. The van der Waals surface area contributed by atoms with Crippen molar-refractivity contribution in [3.63, 3.8) is 0 Å². The molecule has 3 aromatic rings. The second-order valence-corrected chi connectivity index (χ2v) is 5.76. The van der Waals surface area contributed by atoms with E-state index in [2.05, 4.69) is 10.3 Å². The maximum atomic E-state index is 12.6. The lowest BCUT2D eigenvalue weighted by atomic mass is 10.0. The van der Waals surface area contributed by atoms with Gasteiger partial charge in [-0.2, -0.15) is 0 Å². The van der Waals surface area contributed by atoms with Crippen molar-refractivity contribution in [2.75, 3.05) is 0 Å². The Bertz CT molecular complexity index is 853. The Morgan fingerprint density at radius 2 is 1.96 bits per heavy atom. The zero-order chi connectivity index (χ0) is 17.1. The lowest BCUT2D eigenvalue weighted by Gasteiger charge is -2.19. The van der Waals surface area contributed by atoms with E-state index in [1.54, 1.807) is 18.3 Å². The molecule has 3 rings (SSSR count). The number of aromatic nitrogens is 2. The Balaban J connectivity index is 1.95. The molecule has 0 aliphatic rings. The topological polar surface area (TPSA) is 67.2 Å². The van der Waals surface area contributed by atoms with Crippen molar-refractivity contribution in [1.82, 2.24) is 14.9 Å². The van der Waals surface area contributed by atoms with E-state index < -0.39 is 0 Å². The number of amides is 1. The van der Waals surface area contributed by atoms with Gasteiger partial charge >= 0.3 is 0 Å². The summed E-state index contributed by atoms with van der Waals surface area (Å²) in [6, 6.07) is 13.9. The van der Waals surface area contributed by atoms with E-state index in [4.69, 9.17) is 0 Å². The van der Waals surface area contributed by atoms with Gasteiger partial charge in [0.15, 0.2) is 0 Å². The summed E-state index contributed by atoms with van der Waals surface area (Å²) in [5, 5.41) is 12.6. The number of phenolic OH excluding ortho intramolecular Hbond substituents is 1. The van der Waals surface area contributed by atoms with Gasteiger partial charge in [0.25, 0.3) is 5.91 Å². The first-order chi connectivity index (χ1) is 11.5. The van der Waals surface area contributed by atoms with Crippen LogP contribution in [-0.4, -0.2) is 20.6 Å². The molecule has 1 amide bonds. The molecule has 0 saturated heterocycles. The van der Waals surface area contributed by atoms with E-state index in [0.29, 0.717) is 5.56 Å². The molecule has 0 fully saturated rings. The van der Waals surface area contributed by atoms with Gasteiger partial charge in [0.1, 0.15) is 17.6 Å². The molecular formula is C19H19N3O2. The summed E-state index contributed by atoms with van der Waals surface area (Å²) in [6.07, 6.45) is 3.55. The molecule has 1 unspecified atom stereocenters. The second kappa shape index (κ2) is 6.58. The van der Waals surface area contributed by atoms with Crippen molar-refractivity contribution in [3.8, 4) is 5.75 Å². The quantitative estimate of drug-likeness (QED) is 0.776. The fraction of sp³-hybridized carbons (Fsp3) is 0.158. The van der Waals surface area contributed by atoms with Crippen LogP contribution in [0.2, 0.25) is 0 Å². The number of nitrogens with one attached hydrogen (secondary N) is 1. The van der Waals surface area contributed by atoms with Crippen LogP contribution in [0.3, 0.4) is 0 Å². The van der Waals surface area contributed by atoms with Crippen LogP contribution in [0.5, 0.6) is 5.75 Å². The number of rotatable bonds is 4. The molecule has 2 N–H and O–H groups in total. The second-order valence-electron chi connectivity index (χ2n) is 5.76. The Hall–Kier alpha value is -3.08. The molecule has 122 valence electrons. The van der Waals surface area contributed by atoms with Crippen molar-refractivity contribution in [2.45, 2.75) is 13.0 Å². The SMILES string of the molecule is Cc1ccc(C(NC(=O)c2cccc(O)c2)c2nccn2C)cc1. The van der Waals surface area contributed by atoms with E-state index >= 15 is 0 Å². The highest BCUT2D eigenvalue weighted by Gasteiger charge is 2.21. The van der Waals surface area contributed by atoms with E-state index in [1.165, 1.54) is 12.1 Å². The molecule has 5 nitrogen and oxygen atoms in total. The lowest BCUT2D eigenvalue weighted by Crippen LogP contribution is -2.31. The van der Waals surface area contributed by atoms with Crippen molar-refractivity contribution < 1.29 is 9.90 Å². The summed E-state index contributed by atoms with van der Waals surface area (Å²) in [6.45, 7) is 2.02. The van der Waals surface area contributed by atoms with Gasteiger partial charge in [-0.05, 0) is 30.7 Å². The molecule has 0 aliphatic carbocycles. The third-order valence-corrected chi connectivity index (χ3v) is 3.91. The van der Waals surface area contributed by atoms with Gasteiger partial charge in [0.05, 0.1) is 0 Å². The minimum Gasteiger partial charge on any atom is -0.508 e. The maximum absolute atomic E-state index is 12.6. The summed E-state index contributed by atoms with van der Waals surface area (Å²) >= 11 is 0. The number of imidazole rings is 1. The molecule has 2 aromatic carbocycles. The average Bonchev–Trinajstić information content (AvgIpc) is 2.99. The Labute approximate surface area is 140 Å². The first-order valence-electron chi connectivity index (χ1n) is 7.68. The van der Waals surface area contributed by atoms with Gasteiger partial charge in [-0.1, -0.05) is 35.9 Å². The van der Waals surface area contributed by atoms with Gasteiger partial charge in [0, 0.05) is 25.0 Å². The number of aryl methyl sites for hydroxylation is 2. The predicted molar refractivity (Wildman–Crippen MR) is 91.8 cm³/mol. The average molecular weight is 321 g/mol. The fourth-order valence-electron chi connectivity index (χ4n) is 2.57. The number of aromatic hydroxyl groups is 1. The van der Waals surface area contributed by atoms with E-state index in [0.717, 1.165) is 17.0 Å². The predicted octanol–water partition coefficient (Wildman–Crippen LogP) is 2.95. The minimum atomic E-state index is -0.375. The number of hydrogen-bond acceptors (Lipinski definition) is 3. The molecule has 0 spiro atoms. The van der Waals surface area contributed by atoms with Crippen molar-refractivity contribution >= 4 is 5.91 Å². The minimum absolute atomic E-state index is 0.0616. The van der Waals surface area contributed by atoms with Crippen LogP contribution in [0, 0.1) is 6.92 Å². The third-order valence-electron chi connectivity index (χ3n) is 3.91.